The molecule has 1 aliphatic rings. The Labute approximate surface area is 218 Å². The van der Waals surface area contributed by atoms with Crippen LogP contribution in [0.25, 0.3) is 0 Å². The Balaban J connectivity index is 1.66. The Bertz CT molecular complexity index is 1310. The zero-order valence-corrected chi connectivity index (χ0v) is 22.4. The number of sulfone groups is 1. The SMILES string of the molecule is CCCOc1c(OCc2ccccc2)cc([C@@H]2CC[C@@H](c3cnc(OC)c(OC)c3)O2)cc1S(C)(=O)=O. The highest BCUT2D eigenvalue weighted by Gasteiger charge is 2.31. The topological polar surface area (TPSA) is 93.2 Å². The minimum atomic E-state index is -3.60. The van der Waals surface area contributed by atoms with Crippen LogP contribution in [0.5, 0.6) is 23.1 Å². The summed E-state index contributed by atoms with van der Waals surface area (Å²) >= 11 is 0. The Hall–Kier alpha value is -3.30. The molecule has 0 saturated carbocycles. The highest BCUT2D eigenvalue weighted by atomic mass is 32.2. The van der Waals surface area contributed by atoms with E-state index in [0.717, 1.165) is 29.5 Å². The number of nitrogens with zero attached hydrogens (tertiary/aromatic N) is 1. The van der Waals surface area contributed by atoms with Crippen molar-refractivity contribution in [1.29, 1.82) is 0 Å². The Morgan fingerprint density at radius 2 is 1.65 bits per heavy atom. The van der Waals surface area contributed by atoms with Gasteiger partial charge in [-0.15, -0.1) is 0 Å². The molecule has 0 amide bonds. The Morgan fingerprint density at radius 3 is 2.30 bits per heavy atom. The third-order valence-corrected chi connectivity index (χ3v) is 7.25. The molecular formula is C28H33NO7S. The van der Waals surface area contributed by atoms with Gasteiger partial charge in [0.05, 0.1) is 33.0 Å². The number of rotatable bonds is 11. The summed E-state index contributed by atoms with van der Waals surface area (Å²) in [6.07, 6.45) is 4.53. The van der Waals surface area contributed by atoms with Crippen molar-refractivity contribution >= 4 is 9.84 Å². The molecule has 0 spiro atoms. The van der Waals surface area contributed by atoms with Crippen LogP contribution in [-0.4, -0.2) is 40.5 Å². The highest BCUT2D eigenvalue weighted by molar-refractivity contribution is 7.90. The van der Waals surface area contributed by atoms with Gasteiger partial charge in [0.2, 0.25) is 0 Å². The molecule has 0 aliphatic carbocycles. The first-order chi connectivity index (χ1) is 17.8. The van der Waals surface area contributed by atoms with E-state index in [0.29, 0.717) is 30.4 Å². The summed E-state index contributed by atoms with van der Waals surface area (Å²) in [5.41, 5.74) is 2.56. The second-order valence-corrected chi connectivity index (χ2v) is 10.9. The van der Waals surface area contributed by atoms with Crippen LogP contribution in [0.1, 0.15) is 55.1 Å². The normalized spacial score (nSPS) is 17.4. The summed E-state index contributed by atoms with van der Waals surface area (Å²) in [7, 11) is -0.503. The fourth-order valence-electron chi connectivity index (χ4n) is 4.30. The van der Waals surface area contributed by atoms with Gasteiger partial charge in [0.1, 0.15) is 11.5 Å². The van der Waals surface area contributed by atoms with E-state index in [1.807, 2.05) is 49.4 Å². The number of ether oxygens (including phenoxy) is 5. The zero-order valence-electron chi connectivity index (χ0n) is 21.6. The van der Waals surface area contributed by atoms with Gasteiger partial charge in [-0.05, 0) is 48.6 Å². The summed E-state index contributed by atoms with van der Waals surface area (Å²) in [5.74, 6) is 1.56. The van der Waals surface area contributed by atoms with Crippen molar-refractivity contribution in [3.8, 4) is 23.1 Å². The minimum Gasteiger partial charge on any atom is -0.491 e. The zero-order chi connectivity index (χ0) is 26.4. The molecule has 9 heteroatoms. The molecular weight excluding hydrogens is 494 g/mol. The first-order valence-electron chi connectivity index (χ1n) is 12.2. The Morgan fingerprint density at radius 1 is 0.946 bits per heavy atom. The molecule has 0 bridgehead atoms. The first kappa shape index (κ1) is 26.8. The van der Waals surface area contributed by atoms with Crippen molar-refractivity contribution in [2.75, 3.05) is 27.1 Å². The molecule has 2 heterocycles. The van der Waals surface area contributed by atoms with Crippen LogP contribution in [0, 0.1) is 0 Å². The van der Waals surface area contributed by atoms with E-state index in [2.05, 4.69) is 4.98 Å². The smallest absolute Gasteiger partial charge is 0.256 e. The van der Waals surface area contributed by atoms with Gasteiger partial charge < -0.3 is 23.7 Å². The van der Waals surface area contributed by atoms with Gasteiger partial charge in [0.25, 0.3) is 5.88 Å². The van der Waals surface area contributed by atoms with Crippen LogP contribution >= 0.6 is 0 Å². The van der Waals surface area contributed by atoms with Crippen LogP contribution in [0.3, 0.4) is 0 Å². The lowest BCUT2D eigenvalue weighted by atomic mass is 10.0. The number of hydrogen-bond acceptors (Lipinski definition) is 8. The van der Waals surface area contributed by atoms with Crippen molar-refractivity contribution in [2.45, 2.75) is 49.9 Å². The second-order valence-electron chi connectivity index (χ2n) is 8.91. The van der Waals surface area contributed by atoms with E-state index in [1.165, 1.54) is 13.4 Å². The molecule has 2 atom stereocenters. The average molecular weight is 528 g/mol. The fraction of sp³-hybridized carbons (Fsp3) is 0.393. The molecule has 0 unspecified atom stereocenters. The van der Waals surface area contributed by atoms with Gasteiger partial charge in [0, 0.05) is 18.0 Å². The van der Waals surface area contributed by atoms with Crippen molar-refractivity contribution in [3.63, 3.8) is 0 Å². The number of benzene rings is 2. The predicted molar refractivity (Wildman–Crippen MR) is 139 cm³/mol. The second kappa shape index (κ2) is 11.8. The maximum Gasteiger partial charge on any atom is 0.256 e. The summed E-state index contributed by atoms with van der Waals surface area (Å²) in [6.45, 7) is 2.62. The number of aromatic nitrogens is 1. The van der Waals surface area contributed by atoms with Crippen LogP contribution in [0.4, 0.5) is 0 Å². The van der Waals surface area contributed by atoms with E-state index >= 15 is 0 Å². The van der Waals surface area contributed by atoms with Gasteiger partial charge in [-0.1, -0.05) is 37.3 Å². The molecule has 8 nitrogen and oxygen atoms in total. The summed E-state index contributed by atoms with van der Waals surface area (Å²) in [4.78, 5) is 4.42. The summed E-state index contributed by atoms with van der Waals surface area (Å²) in [5, 5.41) is 0. The first-order valence-corrected chi connectivity index (χ1v) is 14.1. The lowest BCUT2D eigenvalue weighted by Crippen LogP contribution is -2.09. The van der Waals surface area contributed by atoms with Crippen molar-refractivity contribution in [1.82, 2.24) is 4.98 Å². The van der Waals surface area contributed by atoms with E-state index < -0.39 is 9.84 Å². The third-order valence-electron chi connectivity index (χ3n) is 6.15. The number of pyridine rings is 1. The molecule has 4 rings (SSSR count). The maximum atomic E-state index is 12.8. The molecule has 1 fully saturated rings. The summed E-state index contributed by atoms with van der Waals surface area (Å²) in [6, 6.07) is 15.0. The van der Waals surface area contributed by atoms with Gasteiger partial charge in [-0.2, -0.15) is 0 Å². The predicted octanol–water partition coefficient (Wildman–Crippen LogP) is 5.46. The van der Waals surface area contributed by atoms with Gasteiger partial charge in [-0.3, -0.25) is 0 Å². The van der Waals surface area contributed by atoms with Crippen LogP contribution in [0.15, 0.2) is 59.6 Å². The third kappa shape index (κ3) is 6.34. The average Bonchev–Trinajstić information content (AvgIpc) is 3.40. The lowest BCUT2D eigenvalue weighted by Gasteiger charge is -2.20. The number of methoxy groups -OCH3 is 2. The maximum absolute atomic E-state index is 12.8. The van der Waals surface area contributed by atoms with Crippen LogP contribution < -0.4 is 18.9 Å². The largest absolute Gasteiger partial charge is 0.491 e. The van der Waals surface area contributed by atoms with Crippen LogP contribution in [-0.2, 0) is 21.2 Å². The van der Waals surface area contributed by atoms with Gasteiger partial charge in [0.15, 0.2) is 27.1 Å². The molecule has 3 aromatic rings. The highest BCUT2D eigenvalue weighted by Crippen LogP contribution is 2.46. The van der Waals surface area contributed by atoms with E-state index in [4.69, 9.17) is 23.7 Å². The van der Waals surface area contributed by atoms with Crippen molar-refractivity contribution in [3.05, 3.63) is 71.4 Å². The van der Waals surface area contributed by atoms with Gasteiger partial charge in [-0.25, -0.2) is 13.4 Å². The van der Waals surface area contributed by atoms with E-state index in [1.54, 1.807) is 19.4 Å². The molecule has 198 valence electrons. The molecule has 1 saturated heterocycles. The molecule has 1 aliphatic heterocycles. The quantitative estimate of drug-likeness (QED) is 0.324. The standard InChI is InChI=1S/C28H33NO7S/c1-5-13-34-27-24(35-18-19-9-7-6-8-10-19)14-20(16-26(27)37(4,30)31)22-11-12-23(36-22)21-15-25(32-2)28(33-3)29-17-21/h6-10,14-17,22-23H,5,11-13,18H2,1-4H3/t22-,23-/m0/s1. The monoisotopic (exact) mass is 527 g/mol. The van der Waals surface area contributed by atoms with E-state index in [-0.39, 0.29) is 29.5 Å². The lowest BCUT2D eigenvalue weighted by molar-refractivity contribution is 0.0434. The molecule has 0 radical (unpaired) electrons. The molecule has 37 heavy (non-hydrogen) atoms. The minimum absolute atomic E-state index is 0.0985. The van der Waals surface area contributed by atoms with Crippen molar-refractivity contribution < 1.29 is 32.1 Å². The summed E-state index contributed by atoms with van der Waals surface area (Å²) < 4.78 is 54.7. The Kier molecular flexibility index (Phi) is 8.56. The van der Waals surface area contributed by atoms with Crippen molar-refractivity contribution in [2.24, 2.45) is 0 Å². The molecule has 0 N–H and O–H groups in total. The fourth-order valence-corrected chi connectivity index (χ4v) is 5.14. The van der Waals surface area contributed by atoms with Crippen LogP contribution in [0.2, 0.25) is 0 Å². The molecule has 2 aromatic carbocycles. The van der Waals surface area contributed by atoms with E-state index in [9.17, 15) is 8.42 Å². The van der Waals surface area contributed by atoms with Gasteiger partial charge >= 0.3 is 0 Å². The molecule has 1 aromatic heterocycles. The number of hydrogen-bond donors (Lipinski definition) is 0.